The summed E-state index contributed by atoms with van der Waals surface area (Å²) in [7, 11) is 0. The molecule has 0 amide bonds. The van der Waals surface area contributed by atoms with Gasteiger partial charge in [-0.1, -0.05) is 6.07 Å². The summed E-state index contributed by atoms with van der Waals surface area (Å²) in [5, 5.41) is 9.67. The van der Waals surface area contributed by atoms with Crippen LogP contribution in [0.4, 0.5) is 5.82 Å². The Labute approximate surface area is 104 Å². The van der Waals surface area contributed by atoms with Gasteiger partial charge in [-0.05, 0) is 24.8 Å². The Kier molecular flexibility index (Phi) is 2.64. The zero-order chi connectivity index (χ0) is 11.8. The average molecular weight is 248 g/mol. The van der Waals surface area contributed by atoms with Crippen LogP contribution in [0, 0.1) is 6.92 Å². The smallest absolute Gasteiger partial charge is 0.154 e. The fourth-order valence-corrected chi connectivity index (χ4v) is 3.11. The standard InChI is InChI=1S/C12H16N4S/c1-8-11(10-3-2-6-17-10)14-15-12(8)16-5-4-9(13)7-16/h2-3,6,9H,4-5,7,13H2,1H3,(H,14,15). The minimum absolute atomic E-state index is 0.288. The van der Waals surface area contributed by atoms with Gasteiger partial charge in [0.05, 0.1) is 10.6 Å². The van der Waals surface area contributed by atoms with Crippen molar-refractivity contribution in [3.8, 4) is 10.6 Å². The van der Waals surface area contributed by atoms with Gasteiger partial charge < -0.3 is 10.6 Å². The van der Waals surface area contributed by atoms with Gasteiger partial charge in [0.2, 0.25) is 0 Å². The van der Waals surface area contributed by atoms with Crippen molar-refractivity contribution in [1.29, 1.82) is 0 Å². The lowest BCUT2D eigenvalue weighted by Gasteiger charge is -2.15. The molecule has 1 saturated heterocycles. The van der Waals surface area contributed by atoms with Crippen molar-refractivity contribution in [2.45, 2.75) is 19.4 Å². The van der Waals surface area contributed by atoms with Crippen molar-refractivity contribution in [2.24, 2.45) is 5.73 Å². The van der Waals surface area contributed by atoms with E-state index in [9.17, 15) is 0 Å². The molecule has 3 heterocycles. The molecule has 3 N–H and O–H groups in total. The zero-order valence-corrected chi connectivity index (χ0v) is 10.6. The average Bonchev–Trinajstić information content (AvgIpc) is 2.98. The minimum Gasteiger partial charge on any atom is -0.353 e. The fourth-order valence-electron chi connectivity index (χ4n) is 2.34. The first-order valence-electron chi connectivity index (χ1n) is 5.85. The third-order valence-corrected chi connectivity index (χ3v) is 4.16. The lowest BCUT2D eigenvalue weighted by Crippen LogP contribution is -2.26. The molecular weight excluding hydrogens is 232 g/mol. The van der Waals surface area contributed by atoms with Crippen LogP contribution in [0.15, 0.2) is 17.5 Å². The highest BCUT2D eigenvalue weighted by Crippen LogP contribution is 2.31. The maximum absolute atomic E-state index is 5.94. The Morgan fingerprint density at radius 1 is 1.59 bits per heavy atom. The van der Waals surface area contributed by atoms with Crippen LogP contribution in [0.3, 0.4) is 0 Å². The van der Waals surface area contributed by atoms with E-state index in [2.05, 4.69) is 39.5 Å². The van der Waals surface area contributed by atoms with Gasteiger partial charge in [0.15, 0.2) is 5.82 Å². The number of anilines is 1. The molecule has 1 atom stereocenters. The number of hydrogen-bond donors (Lipinski definition) is 2. The highest BCUT2D eigenvalue weighted by atomic mass is 32.1. The van der Waals surface area contributed by atoms with Crippen LogP contribution in [0.1, 0.15) is 12.0 Å². The Morgan fingerprint density at radius 3 is 3.12 bits per heavy atom. The van der Waals surface area contributed by atoms with Crippen LogP contribution in [0.25, 0.3) is 10.6 Å². The van der Waals surface area contributed by atoms with Crippen LogP contribution >= 0.6 is 11.3 Å². The third kappa shape index (κ3) is 1.85. The normalized spacial score (nSPS) is 20.1. The van der Waals surface area contributed by atoms with E-state index >= 15 is 0 Å². The third-order valence-electron chi connectivity index (χ3n) is 3.28. The van der Waals surface area contributed by atoms with Gasteiger partial charge in [-0.25, -0.2) is 0 Å². The van der Waals surface area contributed by atoms with E-state index in [0.717, 1.165) is 31.0 Å². The topological polar surface area (TPSA) is 57.9 Å². The van der Waals surface area contributed by atoms with E-state index in [1.54, 1.807) is 11.3 Å². The van der Waals surface area contributed by atoms with Gasteiger partial charge >= 0.3 is 0 Å². The summed E-state index contributed by atoms with van der Waals surface area (Å²) in [6, 6.07) is 4.47. The van der Waals surface area contributed by atoms with E-state index in [0.29, 0.717) is 0 Å². The molecule has 5 heteroatoms. The summed E-state index contributed by atoms with van der Waals surface area (Å²) in [4.78, 5) is 3.51. The highest BCUT2D eigenvalue weighted by molar-refractivity contribution is 7.13. The number of aromatic nitrogens is 2. The maximum Gasteiger partial charge on any atom is 0.154 e. The lowest BCUT2D eigenvalue weighted by molar-refractivity contribution is 0.751. The summed E-state index contributed by atoms with van der Waals surface area (Å²) in [5.41, 5.74) is 8.29. The van der Waals surface area contributed by atoms with Crippen molar-refractivity contribution in [1.82, 2.24) is 10.2 Å². The van der Waals surface area contributed by atoms with Gasteiger partial charge in [0.1, 0.15) is 0 Å². The molecule has 1 fully saturated rings. The molecule has 2 aromatic heterocycles. The molecule has 2 aromatic rings. The molecule has 0 aliphatic carbocycles. The van der Waals surface area contributed by atoms with Crippen molar-refractivity contribution < 1.29 is 0 Å². The van der Waals surface area contributed by atoms with Crippen molar-refractivity contribution in [3.63, 3.8) is 0 Å². The molecule has 4 nitrogen and oxygen atoms in total. The quantitative estimate of drug-likeness (QED) is 0.854. The number of nitrogens with zero attached hydrogens (tertiary/aromatic N) is 2. The van der Waals surface area contributed by atoms with E-state index < -0.39 is 0 Å². The van der Waals surface area contributed by atoms with E-state index in [1.165, 1.54) is 10.4 Å². The predicted molar refractivity (Wildman–Crippen MR) is 71.4 cm³/mol. The lowest BCUT2D eigenvalue weighted by atomic mass is 10.2. The fraction of sp³-hybridized carbons (Fsp3) is 0.417. The van der Waals surface area contributed by atoms with Gasteiger partial charge in [0, 0.05) is 24.7 Å². The summed E-state index contributed by atoms with van der Waals surface area (Å²) >= 11 is 1.73. The molecule has 1 unspecified atom stereocenters. The summed E-state index contributed by atoms with van der Waals surface area (Å²) < 4.78 is 0. The second kappa shape index (κ2) is 4.16. The monoisotopic (exact) mass is 248 g/mol. The van der Waals surface area contributed by atoms with E-state index in [-0.39, 0.29) is 6.04 Å². The highest BCUT2D eigenvalue weighted by Gasteiger charge is 2.24. The Bertz CT molecular complexity index is 503. The summed E-state index contributed by atoms with van der Waals surface area (Å²) in [5.74, 6) is 1.06. The van der Waals surface area contributed by atoms with Crippen molar-refractivity contribution in [3.05, 3.63) is 23.1 Å². The molecule has 0 aromatic carbocycles. The molecule has 3 rings (SSSR count). The number of rotatable bonds is 2. The largest absolute Gasteiger partial charge is 0.353 e. The molecule has 90 valence electrons. The van der Waals surface area contributed by atoms with E-state index in [1.807, 2.05) is 0 Å². The number of H-pyrrole nitrogens is 1. The molecule has 1 aliphatic rings. The molecule has 0 saturated carbocycles. The van der Waals surface area contributed by atoms with Gasteiger partial charge in [-0.15, -0.1) is 11.3 Å². The summed E-state index contributed by atoms with van der Waals surface area (Å²) in [6.45, 7) is 4.05. The number of nitrogens with one attached hydrogen (secondary N) is 1. The van der Waals surface area contributed by atoms with E-state index in [4.69, 9.17) is 5.73 Å². The number of thiophene rings is 1. The number of hydrogen-bond acceptors (Lipinski definition) is 4. The van der Waals surface area contributed by atoms with Crippen LogP contribution in [0.5, 0.6) is 0 Å². The van der Waals surface area contributed by atoms with Gasteiger partial charge in [0.25, 0.3) is 0 Å². The van der Waals surface area contributed by atoms with Crippen LogP contribution in [-0.2, 0) is 0 Å². The first kappa shape index (κ1) is 10.8. The second-order valence-corrected chi connectivity index (χ2v) is 5.47. The predicted octanol–water partition coefficient (Wildman–Crippen LogP) is 1.98. The maximum atomic E-state index is 5.94. The first-order valence-corrected chi connectivity index (χ1v) is 6.73. The molecule has 0 bridgehead atoms. The summed E-state index contributed by atoms with van der Waals surface area (Å²) in [6.07, 6.45) is 1.06. The molecular formula is C12H16N4S. The van der Waals surface area contributed by atoms with Crippen LogP contribution in [0.2, 0.25) is 0 Å². The number of aromatic amines is 1. The first-order chi connectivity index (χ1) is 8.25. The Morgan fingerprint density at radius 2 is 2.47 bits per heavy atom. The van der Waals surface area contributed by atoms with Crippen LogP contribution in [-0.4, -0.2) is 29.3 Å². The Hall–Kier alpha value is -1.33. The molecule has 0 radical (unpaired) electrons. The SMILES string of the molecule is Cc1c(N2CCC(N)C2)n[nH]c1-c1cccs1. The zero-order valence-electron chi connectivity index (χ0n) is 9.81. The number of nitrogens with two attached hydrogens (primary N) is 1. The minimum atomic E-state index is 0.288. The molecule has 0 spiro atoms. The van der Waals surface area contributed by atoms with Crippen LogP contribution < -0.4 is 10.6 Å². The molecule has 17 heavy (non-hydrogen) atoms. The van der Waals surface area contributed by atoms with Gasteiger partial charge in [-0.2, -0.15) is 5.10 Å². The van der Waals surface area contributed by atoms with Gasteiger partial charge in [-0.3, -0.25) is 5.10 Å². The molecule has 1 aliphatic heterocycles. The van der Waals surface area contributed by atoms with Crippen molar-refractivity contribution >= 4 is 17.2 Å². The van der Waals surface area contributed by atoms with Crippen molar-refractivity contribution in [2.75, 3.05) is 18.0 Å². The second-order valence-electron chi connectivity index (χ2n) is 4.52. The Balaban J connectivity index is 1.93.